The molecule has 1 atom stereocenters. The van der Waals surface area contributed by atoms with Crippen molar-refractivity contribution in [3.63, 3.8) is 0 Å². The number of carbonyl (C=O) groups excluding carboxylic acids is 1. The summed E-state index contributed by atoms with van der Waals surface area (Å²) < 4.78 is 55.1. The Kier molecular flexibility index (Phi) is 6.67. The summed E-state index contributed by atoms with van der Waals surface area (Å²) in [5, 5.41) is 3.10. The zero-order valence-corrected chi connectivity index (χ0v) is 18.5. The van der Waals surface area contributed by atoms with Gasteiger partial charge < -0.3 is 5.32 Å². The first-order chi connectivity index (χ1) is 13.7. The van der Waals surface area contributed by atoms with E-state index in [4.69, 9.17) is 0 Å². The van der Waals surface area contributed by atoms with Crippen LogP contribution >= 0.6 is 0 Å². The molecule has 2 aliphatic rings. The Morgan fingerprint density at radius 3 is 2.38 bits per heavy atom. The lowest BCUT2D eigenvalue weighted by molar-refractivity contribution is -0.123. The van der Waals surface area contributed by atoms with Gasteiger partial charge in [0.2, 0.25) is 15.9 Å². The van der Waals surface area contributed by atoms with Gasteiger partial charge in [-0.15, -0.1) is 0 Å². The monoisotopic (exact) mass is 443 g/mol. The highest BCUT2D eigenvalue weighted by Crippen LogP contribution is 2.43. The van der Waals surface area contributed by atoms with Crippen LogP contribution in [0.4, 0.5) is 0 Å². The van der Waals surface area contributed by atoms with Gasteiger partial charge in [-0.25, -0.2) is 21.6 Å². The number of hydrogen-bond acceptors (Lipinski definition) is 6. The summed E-state index contributed by atoms with van der Waals surface area (Å²) in [5.74, 6) is -0.899. The van der Waals surface area contributed by atoms with Gasteiger partial charge in [-0.05, 0) is 61.9 Å². The minimum absolute atomic E-state index is 0.000114. The van der Waals surface area contributed by atoms with Gasteiger partial charge in [-0.2, -0.15) is 4.31 Å². The third-order valence-electron chi connectivity index (χ3n) is 5.53. The summed E-state index contributed by atoms with van der Waals surface area (Å²) in [7, 11) is -7.76. The van der Waals surface area contributed by atoms with E-state index in [1.165, 1.54) is 22.5 Å². The van der Waals surface area contributed by atoms with Crippen LogP contribution in [-0.4, -0.2) is 53.2 Å². The van der Waals surface area contributed by atoms with Crippen LogP contribution in [-0.2, 0) is 24.8 Å². The molecular weight excluding hydrogens is 414 g/mol. The lowest BCUT2D eigenvalue weighted by Crippen LogP contribution is -2.42. The highest BCUT2D eigenvalue weighted by atomic mass is 32.2. The first-order valence-corrected chi connectivity index (χ1v) is 13.0. The Bertz CT molecular complexity index is 962. The summed E-state index contributed by atoms with van der Waals surface area (Å²) in [4.78, 5) is 12.5. The Labute approximate surface area is 173 Å². The highest BCUT2D eigenvalue weighted by Gasteiger charge is 2.34. The van der Waals surface area contributed by atoms with Crippen LogP contribution in [0.2, 0.25) is 0 Å². The number of rotatable bonds is 8. The Balaban J connectivity index is 1.92. The van der Waals surface area contributed by atoms with Crippen molar-refractivity contribution in [3.8, 4) is 0 Å². The minimum atomic E-state index is -4.07. The van der Waals surface area contributed by atoms with Crippen molar-refractivity contribution in [2.75, 3.05) is 26.2 Å². The van der Waals surface area contributed by atoms with Crippen molar-refractivity contribution in [2.24, 2.45) is 5.92 Å². The fourth-order valence-corrected chi connectivity index (χ4v) is 6.52. The molecule has 2 N–H and O–H groups in total. The Morgan fingerprint density at radius 2 is 1.83 bits per heavy atom. The van der Waals surface area contributed by atoms with Crippen molar-refractivity contribution in [1.29, 1.82) is 0 Å². The van der Waals surface area contributed by atoms with Gasteiger partial charge >= 0.3 is 0 Å². The van der Waals surface area contributed by atoms with Crippen molar-refractivity contribution in [1.82, 2.24) is 14.3 Å². The van der Waals surface area contributed by atoms with E-state index in [-0.39, 0.29) is 21.6 Å². The van der Waals surface area contributed by atoms with Crippen molar-refractivity contribution >= 4 is 26.0 Å². The lowest BCUT2D eigenvalue weighted by Gasteiger charge is -2.22. The number of hydrogen-bond donors (Lipinski definition) is 2. The van der Waals surface area contributed by atoms with Gasteiger partial charge in [0.1, 0.15) is 0 Å². The van der Waals surface area contributed by atoms with E-state index < -0.39 is 26.0 Å². The van der Waals surface area contributed by atoms with Crippen LogP contribution in [0.1, 0.15) is 51.0 Å². The number of sulfonamides is 2. The standard InChI is InChI=1S/C19H29N3O5S2/c1-3-22(4-2)29(26,27)16-9-10-18(17(12-16)14-7-8-14)28(24,25)21-19(23)15-6-5-11-20-13-15/h9-10,12,14-15,20H,3-8,11,13H2,1-2H3,(H,21,23)/t15-/m1/s1. The minimum Gasteiger partial charge on any atom is -0.316 e. The molecule has 1 aliphatic carbocycles. The molecule has 1 amide bonds. The van der Waals surface area contributed by atoms with Gasteiger partial charge in [0.05, 0.1) is 15.7 Å². The Morgan fingerprint density at radius 1 is 1.14 bits per heavy atom. The molecule has 1 heterocycles. The van der Waals surface area contributed by atoms with Crippen molar-refractivity contribution in [3.05, 3.63) is 23.8 Å². The summed E-state index contributed by atoms with van der Waals surface area (Å²) >= 11 is 0. The predicted molar refractivity (Wildman–Crippen MR) is 109 cm³/mol. The second kappa shape index (κ2) is 8.71. The first kappa shape index (κ1) is 22.2. The van der Waals surface area contributed by atoms with E-state index in [0.717, 1.165) is 25.8 Å². The molecule has 0 aromatic heterocycles. The van der Waals surface area contributed by atoms with Crippen LogP contribution in [0.25, 0.3) is 0 Å². The summed E-state index contributed by atoms with van der Waals surface area (Å²) in [5.41, 5.74) is 0.473. The first-order valence-electron chi connectivity index (χ1n) is 10.1. The van der Waals surface area contributed by atoms with E-state index in [9.17, 15) is 21.6 Å². The average Bonchev–Trinajstić information content (AvgIpc) is 3.54. The van der Waals surface area contributed by atoms with Crippen LogP contribution < -0.4 is 10.0 Å². The maximum absolute atomic E-state index is 12.9. The molecule has 10 heteroatoms. The molecule has 0 unspecified atom stereocenters. The number of piperidine rings is 1. The molecule has 8 nitrogen and oxygen atoms in total. The summed E-state index contributed by atoms with van der Waals surface area (Å²) in [6, 6.07) is 4.10. The SMILES string of the molecule is CCN(CC)S(=O)(=O)c1ccc(S(=O)(=O)NC(=O)[C@@H]2CCCNC2)c(C2CC2)c1. The average molecular weight is 444 g/mol. The van der Waals surface area contributed by atoms with E-state index in [1.54, 1.807) is 13.8 Å². The van der Waals surface area contributed by atoms with Gasteiger partial charge in [-0.3, -0.25) is 4.79 Å². The lowest BCUT2D eigenvalue weighted by atomic mass is 9.99. The maximum atomic E-state index is 12.9. The zero-order valence-electron chi connectivity index (χ0n) is 16.8. The van der Waals surface area contributed by atoms with Crippen LogP contribution in [0.15, 0.2) is 28.0 Å². The molecule has 1 aromatic rings. The molecule has 0 radical (unpaired) electrons. The number of carbonyl (C=O) groups is 1. The third kappa shape index (κ3) is 4.82. The van der Waals surface area contributed by atoms with E-state index in [1.807, 2.05) is 0 Å². The molecule has 1 saturated carbocycles. The summed E-state index contributed by atoms with van der Waals surface area (Å²) in [6.45, 7) is 5.48. The van der Waals surface area contributed by atoms with Crippen molar-refractivity contribution < 1.29 is 21.6 Å². The number of amides is 1. The Hall–Kier alpha value is -1.49. The molecule has 1 saturated heterocycles. The highest BCUT2D eigenvalue weighted by molar-refractivity contribution is 7.90. The fraction of sp³-hybridized carbons (Fsp3) is 0.632. The van der Waals surface area contributed by atoms with E-state index >= 15 is 0 Å². The number of benzene rings is 1. The largest absolute Gasteiger partial charge is 0.316 e. The molecule has 29 heavy (non-hydrogen) atoms. The van der Waals surface area contributed by atoms with Gasteiger partial charge in [0.25, 0.3) is 10.0 Å². The maximum Gasteiger partial charge on any atom is 0.264 e. The summed E-state index contributed by atoms with van der Waals surface area (Å²) in [6.07, 6.45) is 3.07. The predicted octanol–water partition coefficient (Wildman–Crippen LogP) is 1.40. The van der Waals surface area contributed by atoms with Crippen LogP contribution in [0, 0.1) is 5.92 Å². The van der Waals surface area contributed by atoms with E-state index in [2.05, 4.69) is 10.0 Å². The van der Waals surface area contributed by atoms with Crippen molar-refractivity contribution in [2.45, 2.75) is 55.2 Å². The molecule has 0 bridgehead atoms. The second-order valence-electron chi connectivity index (χ2n) is 7.58. The molecule has 0 spiro atoms. The molecule has 162 valence electrons. The van der Waals surface area contributed by atoms with Crippen LogP contribution in [0.5, 0.6) is 0 Å². The van der Waals surface area contributed by atoms with Gasteiger partial charge in [-0.1, -0.05) is 13.8 Å². The quantitative estimate of drug-likeness (QED) is 0.628. The normalized spacial score (nSPS) is 20.6. The molecule has 1 aromatic carbocycles. The van der Waals surface area contributed by atoms with Gasteiger partial charge in [0.15, 0.2) is 0 Å². The molecular formula is C19H29N3O5S2. The smallest absolute Gasteiger partial charge is 0.264 e. The fourth-order valence-electron chi connectivity index (χ4n) is 3.70. The topological polar surface area (TPSA) is 113 Å². The zero-order chi connectivity index (χ0) is 21.2. The molecule has 1 aliphatic heterocycles. The van der Waals surface area contributed by atoms with E-state index in [0.29, 0.717) is 31.6 Å². The second-order valence-corrected chi connectivity index (χ2v) is 11.2. The molecule has 2 fully saturated rings. The van der Waals surface area contributed by atoms with Gasteiger partial charge in [0, 0.05) is 19.6 Å². The molecule has 3 rings (SSSR count). The van der Waals surface area contributed by atoms with Crippen LogP contribution in [0.3, 0.4) is 0 Å². The third-order valence-corrected chi connectivity index (χ3v) is 9.00. The number of nitrogens with zero attached hydrogens (tertiary/aromatic N) is 1. The number of nitrogens with one attached hydrogen (secondary N) is 2.